The molecule has 102 valence electrons. The van der Waals surface area contributed by atoms with Crippen LogP contribution in [0.5, 0.6) is 5.75 Å². The van der Waals surface area contributed by atoms with Crippen molar-refractivity contribution in [1.82, 2.24) is 10.6 Å². The van der Waals surface area contributed by atoms with Crippen LogP contribution in [0.15, 0.2) is 24.3 Å². The van der Waals surface area contributed by atoms with Gasteiger partial charge in [-0.15, -0.1) is 0 Å². The number of aryl methyl sites for hydroxylation is 1. The number of carbonyl (C=O) groups is 2. The Morgan fingerprint density at radius 1 is 1.42 bits per heavy atom. The van der Waals surface area contributed by atoms with E-state index in [2.05, 4.69) is 10.6 Å². The molecule has 5 nitrogen and oxygen atoms in total. The van der Waals surface area contributed by atoms with E-state index >= 15 is 0 Å². The van der Waals surface area contributed by atoms with E-state index in [1.807, 2.05) is 24.3 Å². The molecule has 0 aliphatic carbocycles. The van der Waals surface area contributed by atoms with Crippen LogP contribution in [-0.2, 0) is 16.0 Å². The lowest BCUT2D eigenvalue weighted by molar-refractivity contribution is -0.121. The second kappa shape index (κ2) is 6.22. The summed E-state index contributed by atoms with van der Waals surface area (Å²) in [4.78, 5) is 22.7. The van der Waals surface area contributed by atoms with Gasteiger partial charge in [-0.1, -0.05) is 12.1 Å². The van der Waals surface area contributed by atoms with E-state index in [0.29, 0.717) is 25.8 Å². The highest BCUT2D eigenvalue weighted by molar-refractivity contribution is 5.82. The monoisotopic (exact) mass is 262 g/mol. The molecule has 1 aromatic rings. The first-order valence-corrected chi connectivity index (χ1v) is 6.36. The van der Waals surface area contributed by atoms with Gasteiger partial charge in [-0.05, 0) is 24.1 Å². The van der Waals surface area contributed by atoms with Gasteiger partial charge in [0.25, 0.3) is 0 Å². The van der Waals surface area contributed by atoms with Crippen LogP contribution in [0, 0.1) is 0 Å². The van der Waals surface area contributed by atoms with E-state index in [1.165, 1.54) is 0 Å². The molecule has 0 radical (unpaired) electrons. The van der Waals surface area contributed by atoms with Crippen LogP contribution >= 0.6 is 0 Å². The Balaban J connectivity index is 1.74. The maximum Gasteiger partial charge on any atom is 0.222 e. The zero-order valence-corrected chi connectivity index (χ0v) is 10.9. The number of carbonyl (C=O) groups excluding carboxylic acids is 2. The number of amides is 2. The van der Waals surface area contributed by atoms with E-state index < -0.39 is 0 Å². The van der Waals surface area contributed by atoms with Gasteiger partial charge in [-0.25, -0.2) is 0 Å². The number of benzene rings is 1. The van der Waals surface area contributed by atoms with Crippen molar-refractivity contribution in [1.29, 1.82) is 0 Å². The third-order valence-electron chi connectivity index (χ3n) is 3.14. The zero-order valence-electron chi connectivity index (χ0n) is 10.9. The van der Waals surface area contributed by atoms with Crippen LogP contribution in [0.1, 0.15) is 18.4 Å². The Bertz CT molecular complexity index is 456. The molecule has 1 saturated heterocycles. The Morgan fingerprint density at radius 3 is 2.74 bits per heavy atom. The lowest BCUT2D eigenvalue weighted by Crippen LogP contribution is -2.36. The highest BCUT2D eigenvalue weighted by Gasteiger charge is 2.22. The van der Waals surface area contributed by atoms with E-state index in [-0.39, 0.29) is 17.9 Å². The van der Waals surface area contributed by atoms with Crippen LogP contribution in [-0.4, -0.2) is 31.5 Å². The SMILES string of the molecule is COc1ccc(CCC(=O)N[C@@H]2CNC(=O)C2)cc1. The zero-order chi connectivity index (χ0) is 13.7. The molecule has 1 fully saturated rings. The molecular formula is C14H18N2O3. The van der Waals surface area contributed by atoms with Gasteiger partial charge in [0.15, 0.2) is 0 Å². The van der Waals surface area contributed by atoms with Gasteiger partial charge in [-0.3, -0.25) is 9.59 Å². The minimum atomic E-state index is -0.0594. The molecule has 1 aromatic carbocycles. The normalized spacial score (nSPS) is 17.9. The van der Waals surface area contributed by atoms with E-state index in [4.69, 9.17) is 4.74 Å². The summed E-state index contributed by atoms with van der Waals surface area (Å²) in [5, 5.41) is 5.55. The third-order valence-corrected chi connectivity index (χ3v) is 3.14. The van der Waals surface area contributed by atoms with Crippen LogP contribution in [0.4, 0.5) is 0 Å². The standard InChI is InChI=1S/C14H18N2O3/c1-19-12-5-2-10(3-6-12)4-7-13(17)16-11-8-14(18)15-9-11/h2-3,5-6,11H,4,7-9H2,1H3,(H,15,18)(H,16,17)/t11-/m0/s1. The van der Waals surface area contributed by atoms with Gasteiger partial charge in [0, 0.05) is 19.4 Å². The molecule has 0 saturated carbocycles. The van der Waals surface area contributed by atoms with Crippen molar-refractivity contribution in [2.75, 3.05) is 13.7 Å². The first-order chi connectivity index (χ1) is 9.17. The molecule has 0 bridgehead atoms. The van der Waals surface area contributed by atoms with Crippen molar-refractivity contribution >= 4 is 11.8 Å². The summed E-state index contributed by atoms with van der Waals surface area (Å²) in [5.41, 5.74) is 1.09. The van der Waals surface area contributed by atoms with Crippen LogP contribution in [0.25, 0.3) is 0 Å². The van der Waals surface area contributed by atoms with Gasteiger partial charge >= 0.3 is 0 Å². The van der Waals surface area contributed by atoms with Crippen molar-refractivity contribution in [2.24, 2.45) is 0 Å². The maximum atomic E-state index is 11.7. The largest absolute Gasteiger partial charge is 0.497 e. The molecule has 1 atom stereocenters. The highest BCUT2D eigenvalue weighted by atomic mass is 16.5. The Hall–Kier alpha value is -2.04. The minimum Gasteiger partial charge on any atom is -0.497 e. The first kappa shape index (κ1) is 13.4. The van der Waals surface area contributed by atoms with Crippen molar-refractivity contribution in [2.45, 2.75) is 25.3 Å². The fraction of sp³-hybridized carbons (Fsp3) is 0.429. The summed E-state index contributed by atoms with van der Waals surface area (Å²) in [7, 11) is 1.62. The Labute approximate surface area is 112 Å². The van der Waals surface area contributed by atoms with E-state index in [0.717, 1.165) is 11.3 Å². The number of methoxy groups -OCH3 is 1. The van der Waals surface area contributed by atoms with Crippen LogP contribution in [0.3, 0.4) is 0 Å². The molecule has 19 heavy (non-hydrogen) atoms. The number of rotatable bonds is 5. The summed E-state index contributed by atoms with van der Waals surface area (Å²) in [5.74, 6) is 0.793. The summed E-state index contributed by atoms with van der Waals surface area (Å²) in [6, 6.07) is 7.61. The van der Waals surface area contributed by atoms with Gasteiger partial charge in [0.1, 0.15) is 5.75 Å². The molecule has 0 aromatic heterocycles. The fourth-order valence-corrected chi connectivity index (χ4v) is 2.06. The molecule has 2 rings (SSSR count). The molecule has 1 heterocycles. The first-order valence-electron chi connectivity index (χ1n) is 6.36. The van der Waals surface area contributed by atoms with Crippen LogP contribution < -0.4 is 15.4 Å². The lowest BCUT2D eigenvalue weighted by Gasteiger charge is -2.10. The average molecular weight is 262 g/mol. The highest BCUT2D eigenvalue weighted by Crippen LogP contribution is 2.12. The van der Waals surface area contributed by atoms with Gasteiger partial charge in [0.05, 0.1) is 13.2 Å². The van der Waals surface area contributed by atoms with Gasteiger partial charge < -0.3 is 15.4 Å². The summed E-state index contributed by atoms with van der Waals surface area (Å²) in [6.45, 7) is 0.535. The Kier molecular flexibility index (Phi) is 4.39. The number of nitrogens with one attached hydrogen (secondary N) is 2. The fourth-order valence-electron chi connectivity index (χ4n) is 2.06. The van der Waals surface area contributed by atoms with Crippen molar-refractivity contribution in [3.8, 4) is 5.75 Å². The van der Waals surface area contributed by atoms with Crippen molar-refractivity contribution in [3.05, 3.63) is 29.8 Å². The number of ether oxygens (including phenoxy) is 1. The second-order valence-corrected chi connectivity index (χ2v) is 4.62. The average Bonchev–Trinajstić information content (AvgIpc) is 2.82. The maximum absolute atomic E-state index is 11.7. The molecule has 0 spiro atoms. The smallest absolute Gasteiger partial charge is 0.222 e. The molecule has 1 aliphatic rings. The number of hydrogen-bond donors (Lipinski definition) is 2. The lowest BCUT2D eigenvalue weighted by atomic mass is 10.1. The summed E-state index contributed by atoms with van der Waals surface area (Å²) < 4.78 is 5.08. The van der Waals surface area contributed by atoms with Crippen molar-refractivity contribution < 1.29 is 14.3 Å². The third kappa shape index (κ3) is 3.98. The summed E-state index contributed by atoms with van der Waals surface area (Å²) >= 11 is 0. The number of hydrogen-bond acceptors (Lipinski definition) is 3. The predicted molar refractivity (Wildman–Crippen MR) is 70.9 cm³/mol. The molecule has 1 aliphatic heterocycles. The second-order valence-electron chi connectivity index (χ2n) is 4.62. The molecule has 5 heteroatoms. The Morgan fingerprint density at radius 2 is 2.16 bits per heavy atom. The van der Waals surface area contributed by atoms with Gasteiger partial charge in [-0.2, -0.15) is 0 Å². The van der Waals surface area contributed by atoms with E-state index in [9.17, 15) is 9.59 Å². The minimum absolute atomic E-state index is 0.000421. The van der Waals surface area contributed by atoms with E-state index in [1.54, 1.807) is 7.11 Å². The topological polar surface area (TPSA) is 67.4 Å². The molecule has 2 amide bonds. The molecule has 2 N–H and O–H groups in total. The van der Waals surface area contributed by atoms with Crippen molar-refractivity contribution in [3.63, 3.8) is 0 Å². The molecule has 0 unspecified atom stereocenters. The summed E-state index contributed by atoms with van der Waals surface area (Å²) in [6.07, 6.45) is 1.50. The van der Waals surface area contributed by atoms with Crippen LogP contribution in [0.2, 0.25) is 0 Å². The quantitative estimate of drug-likeness (QED) is 0.818. The van der Waals surface area contributed by atoms with Gasteiger partial charge in [0.2, 0.25) is 11.8 Å². The predicted octanol–water partition coefficient (Wildman–Crippen LogP) is 0.632. The molecular weight excluding hydrogens is 244 g/mol.